The molecule has 3 aromatic carbocycles. The van der Waals surface area contributed by atoms with Crippen molar-refractivity contribution in [3.05, 3.63) is 137 Å². The zero-order chi connectivity index (χ0) is 62.8. The van der Waals surface area contributed by atoms with Crippen LogP contribution in [0.4, 0.5) is 21.4 Å². The van der Waals surface area contributed by atoms with E-state index in [1.807, 2.05) is 77.2 Å². The minimum absolute atomic E-state index is 0.0152. The summed E-state index contributed by atoms with van der Waals surface area (Å²) in [5.41, 5.74) is 6.01. The van der Waals surface area contributed by atoms with Gasteiger partial charge in [0.15, 0.2) is 10.8 Å². The zero-order valence-electron chi connectivity index (χ0n) is 51.0. The summed E-state index contributed by atoms with van der Waals surface area (Å²) in [6, 6.07) is 25.3. The molecule has 1 saturated heterocycles. The predicted molar refractivity (Wildman–Crippen MR) is 339 cm³/mol. The van der Waals surface area contributed by atoms with E-state index in [1.54, 1.807) is 35.4 Å². The Morgan fingerprint density at radius 3 is 2.44 bits per heavy atom. The Labute approximate surface area is 526 Å². The lowest BCUT2D eigenvalue weighted by Gasteiger charge is -2.69. The van der Waals surface area contributed by atoms with Crippen molar-refractivity contribution in [2.45, 2.75) is 123 Å². The number of hydrogen-bond donors (Lipinski definition) is 4. The van der Waals surface area contributed by atoms with Gasteiger partial charge in [-0.25, -0.2) is 19.6 Å². The standard InChI is InChI=1S/C68H75N10O11S/c1-44-51(49-20-21-55(73-60(49)62(84)85)75-28-25-46-14-10-16-50(52(46)34-75)61(83)74-63-72-53-17-6-7-18-54(53)90-63)33-70-78(44)43-67-38-65(2)37-66(3,39-67)41-68(40-65,42-67)89-31-29-76(48-35-87-36-48)64(86)88-30-11-13-45-12-9-15-47(32-45)71-57(80)24-26-69-56(79)19-5-4-8-27-77-58(81)22-23-59(77)82/h6-7,9-14,16-18,20-23,32-33,48H,4-5,8,19,24-31,34-43H2,1-3H3,(H,69,79)(H,71,80)(H,84,85)(H,72,74,83)/b13-11+. The van der Waals surface area contributed by atoms with Crippen LogP contribution in [-0.2, 0) is 52.9 Å². The van der Waals surface area contributed by atoms with Crippen LogP contribution in [-0.4, -0.2) is 141 Å². The molecule has 0 spiro atoms. The van der Waals surface area contributed by atoms with Crippen molar-refractivity contribution in [3.63, 3.8) is 0 Å². The van der Waals surface area contributed by atoms with Crippen LogP contribution in [0, 0.1) is 29.2 Å². The first kappa shape index (κ1) is 61.6. The van der Waals surface area contributed by atoms with Crippen molar-refractivity contribution in [1.82, 2.24) is 34.9 Å². The monoisotopic (exact) mass is 1240 g/mol. The van der Waals surface area contributed by atoms with Gasteiger partial charge in [-0.1, -0.05) is 74.1 Å². The number of anilines is 3. The molecular weight excluding hydrogens is 1160 g/mol. The number of nitrogens with one attached hydrogen (secondary N) is 3. The third-order valence-electron chi connectivity index (χ3n) is 18.6. The molecule has 21 nitrogen and oxygen atoms in total. The zero-order valence-corrected chi connectivity index (χ0v) is 51.8. The second kappa shape index (κ2) is 25.7. The van der Waals surface area contributed by atoms with Gasteiger partial charge in [0, 0.05) is 98.4 Å². The molecule has 90 heavy (non-hydrogen) atoms. The van der Waals surface area contributed by atoms with Crippen LogP contribution < -0.4 is 20.9 Å². The lowest BCUT2D eigenvalue weighted by molar-refractivity contribution is -0.249. The van der Waals surface area contributed by atoms with E-state index in [1.165, 1.54) is 28.4 Å². The molecule has 4 saturated carbocycles. The van der Waals surface area contributed by atoms with Gasteiger partial charge >= 0.3 is 12.1 Å². The SMILES string of the molecule is Cc1c(-c2ccc(N3CCc4cccc(C(=O)Nc5nc6ccccc6s5)c4C3)nc2C(=O)O)cnn1CC12CC3(C)CC(C)(C1)CC(OCCN(C(=O)OC/C=C/c1cc[c]c(NC(=O)CCNC(=O)CCCCCN4C(=O)C=CC4=O)c1)C1COC1)(C3)C2. The van der Waals surface area contributed by atoms with Crippen LogP contribution in [0.2, 0.25) is 0 Å². The fourth-order valence-electron chi connectivity index (χ4n) is 15.7. The predicted octanol–water partition coefficient (Wildman–Crippen LogP) is 9.79. The number of imide groups is 1. The summed E-state index contributed by atoms with van der Waals surface area (Å²) in [4.78, 5) is 103. The molecule has 3 aromatic heterocycles. The van der Waals surface area contributed by atoms with Crippen molar-refractivity contribution in [2.24, 2.45) is 16.2 Å². The van der Waals surface area contributed by atoms with Gasteiger partial charge in [-0.05, 0) is 140 Å². The van der Waals surface area contributed by atoms with Gasteiger partial charge in [0.2, 0.25) is 11.8 Å². The van der Waals surface area contributed by atoms with Crippen LogP contribution in [0.1, 0.15) is 128 Å². The van der Waals surface area contributed by atoms with Crippen LogP contribution in [0.5, 0.6) is 0 Å². The Morgan fingerprint density at radius 2 is 1.68 bits per heavy atom. The summed E-state index contributed by atoms with van der Waals surface area (Å²) in [5, 5.41) is 24.8. The number of pyridine rings is 1. The number of fused-ring (bicyclic) bond motifs is 2. The van der Waals surface area contributed by atoms with Gasteiger partial charge in [-0.2, -0.15) is 5.10 Å². The molecule has 3 aliphatic heterocycles. The molecule has 4 aliphatic carbocycles. The third-order valence-corrected chi connectivity index (χ3v) is 19.5. The highest BCUT2D eigenvalue weighted by Crippen LogP contribution is 2.72. The van der Waals surface area contributed by atoms with Crippen LogP contribution >= 0.6 is 11.3 Å². The molecule has 469 valence electrons. The molecule has 5 fully saturated rings. The van der Waals surface area contributed by atoms with Crippen molar-refractivity contribution < 1.29 is 52.9 Å². The molecule has 2 atom stereocenters. The highest BCUT2D eigenvalue weighted by Gasteiger charge is 2.66. The Bertz CT molecular complexity index is 3780. The number of carboxylic acid groups (broad SMARTS) is 1. The molecule has 7 aliphatic rings. The number of para-hydroxylation sites is 1. The maximum Gasteiger partial charge on any atom is 0.410 e. The van der Waals surface area contributed by atoms with Gasteiger partial charge < -0.3 is 34.9 Å². The Hall–Kier alpha value is -8.60. The lowest BCUT2D eigenvalue weighted by Crippen LogP contribution is -2.64. The topological polar surface area (TPSA) is 257 Å². The highest BCUT2D eigenvalue weighted by molar-refractivity contribution is 7.22. The smallest absolute Gasteiger partial charge is 0.410 e. The molecule has 22 heteroatoms. The Balaban J connectivity index is 0.632. The van der Waals surface area contributed by atoms with Gasteiger partial charge in [-0.15, -0.1) is 0 Å². The molecular formula is C68H75N10O11S. The van der Waals surface area contributed by atoms with Crippen LogP contribution in [0.25, 0.3) is 27.4 Å². The number of amides is 6. The quantitative estimate of drug-likeness (QED) is 0.0307. The fourth-order valence-corrected chi connectivity index (χ4v) is 16.5. The fraction of sp³-hybridized carbons (Fsp3) is 0.441. The van der Waals surface area contributed by atoms with Gasteiger partial charge in [-0.3, -0.25) is 43.8 Å². The molecule has 6 heterocycles. The van der Waals surface area contributed by atoms with E-state index in [9.17, 15) is 38.7 Å². The van der Waals surface area contributed by atoms with Gasteiger partial charge in [0.1, 0.15) is 12.4 Å². The first-order valence-electron chi connectivity index (χ1n) is 31.1. The van der Waals surface area contributed by atoms with Crippen molar-refractivity contribution in [3.8, 4) is 11.1 Å². The average Bonchev–Trinajstić information content (AvgIpc) is 1.04. The first-order valence-corrected chi connectivity index (χ1v) is 31.9. The molecule has 2 unspecified atom stereocenters. The maximum atomic E-state index is 13.8. The highest BCUT2D eigenvalue weighted by atomic mass is 32.1. The number of aromatic nitrogens is 4. The number of rotatable bonds is 25. The van der Waals surface area contributed by atoms with Crippen molar-refractivity contribution in [1.29, 1.82) is 0 Å². The number of benzene rings is 3. The number of hydrogen-bond acceptors (Lipinski definition) is 15. The minimum atomic E-state index is -1.14. The lowest BCUT2D eigenvalue weighted by atomic mass is 9.39. The number of thiazole rings is 1. The van der Waals surface area contributed by atoms with Crippen LogP contribution in [0.3, 0.4) is 0 Å². The Morgan fingerprint density at radius 1 is 0.878 bits per heavy atom. The summed E-state index contributed by atoms with van der Waals surface area (Å²) in [6.45, 7) is 10.4. The van der Waals surface area contributed by atoms with Crippen LogP contribution in [0.15, 0.2) is 97.2 Å². The van der Waals surface area contributed by atoms with E-state index in [-0.39, 0.29) is 83.5 Å². The van der Waals surface area contributed by atoms with Crippen molar-refractivity contribution in [2.75, 3.05) is 68.1 Å². The average molecular weight is 1240 g/mol. The number of unbranched alkanes of at least 4 members (excludes halogenated alkanes) is 2. The second-order valence-corrected chi connectivity index (χ2v) is 27.0. The van der Waals surface area contributed by atoms with E-state index < -0.39 is 17.7 Å². The Kier molecular flexibility index (Phi) is 17.6. The molecule has 4 N–H and O–H groups in total. The third kappa shape index (κ3) is 13.6. The summed E-state index contributed by atoms with van der Waals surface area (Å²) in [6.07, 6.45) is 16.0. The van der Waals surface area contributed by atoms with E-state index in [2.05, 4.69) is 40.8 Å². The number of carboxylic acids is 1. The number of aromatic carboxylic acids is 1. The van der Waals surface area contributed by atoms with Gasteiger partial charge in [0.25, 0.3) is 17.7 Å². The molecule has 6 amide bonds. The summed E-state index contributed by atoms with van der Waals surface area (Å²) in [7, 11) is 0. The van der Waals surface area contributed by atoms with Crippen molar-refractivity contribution >= 4 is 85.9 Å². The molecule has 6 aromatic rings. The normalized spacial score (nSPS) is 22.5. The number of ether oxygens (including phenoxy) is 3. The summed E-state index contributed by atoms with van der Waals surface area (Å²) < 4.78 is 21.5. The summed E-state index contributed by atoms with van der Waals surface area (Å²) >= 11 is 1.42. The van der Waals surface area contributed by atoms with Gasteiger partial charge in [0.05, 0.1) is 47.9 Å². The largest absolute Gasteiger partial charge is 0.476 e. The molecule has 13 rings (SSSR count). The maximum absolute atomic E-state index is 13.8. The van der Waals surface area contributed by atoms with E-state index in [0.717, 1.165) is 71.1 Å². The number of nitrogens with zero attached hydrogens (tertiary/aromatic N) is 7. The number of carbonyl (C=O) groups excluding carboxylic acids is 6. The second-order valence-electron chi connectivity index (χ2n) is 26.0. The molecule has 4 bridgehead atoms. The van der Waals surface area contributed by atoms with E-state index >= 15 is 0 Å². The van der Waals surface area contributed by atoms with E-state index in [0.29, 0.717) is 112 Å². The first-order chi connectivity index (χ1) is 43.3. The molecule has 1 radical (unpaired) electrons. The summed E-state index contributed by atoms with van der Waals surface area (Å²) in [5.74, 6) is -1.97. The van der Waals surface area contributed by atoms with E-state index in [4.69, 9.17) is 24.3 Å². The minimum Gasteiger partial charge on any atom is -0.476 e. The number of carbonyl (C=O) groups is 7.